The molecular formula is C32H35F2N3O2. The van der Waals surface area contributed by atoms with Crippen LogP contribution in [0, 0.1) is 11.6 Å². The van der Waals surface area contributed by atoms with E-state index in [4.69, 9.17) is 9.72 Å². The van der Waals surface area contributed by atoms with Crippen molar-refractivity contribution in [2.45, 2.75) is 24.9 Å². The first kappa shape index (κ1) is 27.2. The summed E-state index contributed by atoms with van der Waals surface area (Å²) in [5.41, 5.74) is 2.63. The standard InChI is InChI=1S/C32H35F2N3O2/c1-36(2)13-12-32(38,24-19-25(33)21-26(34)20-24)22-29-27-10-6-7-11-30(27)35-31(37-14-16-39-17-15-37)28(29)18-23-8-4-3-5-9-23/h3-11,19-21,38H,12-18,22H2,1-2H3. The number of anilines is 1. The number of hydrogen-bond donors (Lipinski definition) is 1. The second kappa shape index (κ2) is 11.8. The van der Waals surface area contributed by atoms with Gasteiger partial charge in [-0.2, -0.15) is 0 Å². The number of para-hydroxylation sites is 1. The van der Waals surface area contributed by atoms with Crippen molar-refractivity contribution in [3.63, 3.8) is 0 Å². The molecule has 1 aromatic heterocycles. The van der Waals surface area contributed by atoms with E-state index in [1.807, 2.05) is 61.5 Å². The molecule has 5 rings (SSSR count). The van der Waals surface area contributed by atoms with Crippen LogP contribution in [0.15, 0.2) is 72.8 Å². The molecule has 4 aromatic rings. The molecule has 1 unspecified atom stereocenters. The summed E-state index contributed by atoms with van der Waals surface area (Å²) >= 11 is 0. The second-order valence-corrected chi connectivity index (χ2v) is 10.6. The van der Waals surface area contributed by atoms with Gasteiger partial charge in [0.25, 0.3) is 0 Å². The zero-order valence-electron chi connectivity index (χ0n) is 22.5. The molecule has 0 amide bonds. The number of aromatic nitrogens is 1. The third-order valence-electron chi connectivity index (χ3n) is 7.47. The number of halogens is 2. The molecule has 1 aliphatic heterocycles. The van der Waals surface area contributed by atoms with Gasteiger partial charge in [-0.05, 0) is 55.4 Å². The van der Waals surface area contributed by atoms with E-state index in [0.717, 1.165) is 39.5 Å². The quantitative estimate of drug-likeness (QED) is 0.317. The molecule has 0 saturated carbocycles. The monoisotopic (exact) mass is 531 g/mol. The van der Waals surface area contributed by atoms with Crippen LogP contribution in [-0.2, 0) is 23.2 Å². The molecule has 0 aliphatic carbocycles. The lowest BCUT2D eigenvalue weighted by molar-refractivity contribution is 0.0208. The van der Waals surface area contributed by atoms with Gasteiger partial charge in [0, 0.05) is 49.5 Å². The highest BCUT2D eigenvalue weighted by atomic mass is 19.1. The Hall–Kier alpha value is -3.39. The Morgan fingerprint density at radius 3 is 2.28 bits per heavy atom. The van der Waals surface area contributed by atoms with Crippen LogP contribution in [0.2, 0.25) is 0 Å². The normalized spacial score (nSPS) is 15.6. The zero-order valence-corrected chi connectivity index (χ0v) is 22.5. The Labute approximate surface area is 228 Å². The lowest BCUT2D eigenvalue weighted by Gasteiger charge is -2.34. The zero-order chi connectivity index (χ0) is 27.4. The largest absolute Gasteiger partial charge is 0.385 e. The minimum absolute atomic E-state index is 0.187. The van der Waals surface area contributed by atoms with Crippen LogP contribution >= 0.6 is 0 Å². The number of benzene rings is 3. The van der Waals surface area contributed by atoms with Crippen molar-refractivity contribution in [1.29, 1.82) is 0 Å². The highest BCUT2D eigenvalue weighted by Crippen LogP contribution is 2.38. The first-order valence-corrected chi connectivity index (χ1v) is 13.4. The van der Waals surface area contributed by atoms with Gasteiger partial charge >= 0.3 is 0 Å². The van der Waals surface area contributed by atoms with Gasteiger partial charge in [-0.1, -0.05) is 48.5 Å². The van der Waals surface area contributed by atoms with Gasteiger partial charge in [0.15, 0.2) is 0 Å². The Balaban J connectivity index is 1.72. The van der Waals surface area contributed by atoms with Crippen molar-refractivity contribution in [2.75, 3.05) is 51.8 Å². The summed E-state index contributed by atoms with van der Waals surface area (Å²) in [6.07, 6.45) is 1.10. The average molecular weight is 532 g/mol. The maximum atomic E-state index is 14.4. The predicted octanol–water partition coefficient (Wildman–Crippen LogP) is 5.32. The summed E-state index contributed by atoms with van der Waals surface area (Å²) in [4.78, 5) is 9.34. The van der Waals surface area contributed by atoms with Crippen molar-refractivity contribution >= 4 is 16.7 Å². The molecule has 1 saturated heterocycles. The van der Waals surface area contributed by atoms with Crippen LogP contribution < -0.4 is 4.90 Å². The van der Waals surface area contributed by atoms with Crippen LogP contribution in [0.25, 0.3) is 10.9 Å². The number of fused-ring (bicyclic) bond motifs is 1. The van der Waals surface area contributed by atoms with Crippen molar-refractivity contribution in [1.82, 2.24) is 9.88 Å². The topological polar surface area (TPSA) is 48.8 Å². The number of nitrogens with zero attached hydrogens (tertiary/aromatic N) is 3. The van der Waals surface area contributed by atoms with Gasteiger partial charge in [-0.25, -0.2) is 13.8 Å². The van der Waals surface area contributed by atoms with E-state index in [-0.39, 0.29) is 12.0 Å². The molecule has 1 atom stereocenters. The fraction of sp³-hybridized carbons (Fsp3) is 0.344. The van der Waals surface area contributed by atoms with Gasteiger partial charge in [-0.3, -0.25) is 0 Å². The van der Waals surface area contributed by atoms with Gasteiger partial charge in [-0.15, -0.1) is 0 Å². The molecule has 7 heteroatoms. The van der Waals surface area contributed by atoms with E-state index in [1.165, 1.54) is 12.1 Å². The molecule has 1 fully saturated rings. The van der Waals surface area contributed by atoms with Crippen LogP contribution in [-0.4, -0.2) is 61.9 Å². The average Bonchev–Trinajstić information content (AvgIpc) is 2.93. The molecule has 2 heterocycles. The Morgan fingerprint density at radius 2 is 1.59 bits per heavy atom. The van der Waals surface area contributed by atoms with E-state index in [0.29, 0.717) is 45.7 Å². The van der Waals surface area contributed by atoms with Gasteiger partial charge in [0.1, 0.15) is 17.5 Å². The minimum Gasteiger partial charge on any atom is -0.385 e. The molecular weight excluding hydrogens is 496 g/mol. The summed E-state index contributed by atoms with van der Waals surface area (Å²) in [5, 5.41) is 13.2. The third-order valence-corrected chi connectivity index (χ3v) is 7.47. The Bertz CT molecular complexity index is 1400. The molecule has 204 valence electrons. The van der Waals surface area contributed by atoms with Crippen molar-refractivity contribution in [3.05, 3.63) is 107 Å². The van der Waals surface area contributed by atoms with Gasteiger partial charge < -0.3 is 19.6 Å². The maximum Gasteiger partial charge on any atom is 0.133 e. The highest BCUT2D eigenvalue weighted by Gasteiger charge is 2.34. The molecule has 39 heavy (non-hydrogen) atoms. The van der Waals surface area contributed by atoms with Crippen LogP contribution in [0.4, 0.5) is 14.6 Å². The molecule has 5 nitrogen and oxygen atoms in total. The summed E-state index contributed by atoms with van der Waals surface area (Å²) in [7, 11) is 3.84. The molecule has 3 aromatic carbocycles. The highest BCUT2D eigenvalue weighted by molar-refractivity contribution is 5.86. The van der Waals surface area contributed by atoms with Crippen molar-refractivity contribution in [3.8, 4) is 0 Å². The molecule has 0 spiro atoms. The summed E-state index contributed by atoms with van der Waals surface area (Å²) in [6.45, 7) is 3.20. The summed E-state index contributed by atoms with van der Waals surface area (Å²) < 4.78 is 34.5. The number of rotatable bonds is 9. The first-order chi connectivity index (χ1) is 18.8. The van der Waals surface area contributed by atoms with E-state index >= 15 is 0 Å². The smallest absolute Gasteiger partial charge is 0.133 e. The van der Waals surface area contributed by atoms with Crippen molar-refractivity contribution in [2.24, 2.45) is 0 Å². The SMILES string of the molecule is CN(C)CCC(O)(Cc1c(Cc2ccccc2)c(N2CCOCC2)nc2ccccc12)c1cc(F)cc(F)c1. The van der Waals surface area contributed by atoms with Crippen LogP contribution in [0.1, 0.15) is 28.7 Å². The maximum absolute atomic E-state index is 14.4. The van der Waals surface area contributed by atoms with E-state index < -0.39 is 17.2 Å². The van der Waals surface area contributed by atoms with Gasteiger partial charge in [0.2, 0.25) is 0 Å². The molecule has 0 bridgehead atoms. The minimum atomic E-state index is -1.51. The third kappa shape index (κ3) is 6.27. The molecule has 0 radical (unpaired) electrons. The van der Waals surface area contributed by atoms with Crippen molar-refractivity contribution < 1.29 is 18.6 Å². The van der Waals surface area contributed by atoms with E-state index in [1.54, 1.807) is 0 Å². The Morgan fingerprint density at radius 1 is 0.923 bits per heavy atom. The predicted molar refractivity (Wildman–Crippen MR) is 151 cm³/mol. The van der Waals surface area contributed by atoms with E-state index in [2.05, 4.69) is 17.0 Å². The van der Waals surface area contributed by atoms with Crippen LogP contribution in [0.5, 0.6) is 0 Å². The Kier molecular flexibility index (Phi) is 8.21. The van der Waals surface area contributed by atoms with Gasteiger partial charge in [0.05, 0.1) is 24.3 Å². The number of hydrogen-bond acceptors (Lipinski definition) is 5. The fourth-order valence-electron chi connectivity index (χ4n) is 5.39. The summed E-state index contributed by atoms with van der Waals surface area (Å²) in [6, 6.07) is 21.5. The molecule has 1 aliphatic rings. The fourth-order valence-corrected chi connectivity index (χ4v) is 5.39. The number of morpholine rings is 1. The number of pyridine rings is 1. The first-order valence-electron chi connectivity index (χ1n) is 13.4. The lowest BCUT2D eigenvalue weighted by Crippen LogP contribution is -2.38. The number of aliphatic hydroxyl groups is 1. The van der Waals surface area contributed by atoms with Crippen LogP contribution in [0.3, 0.4) is 0 Å². The second-order valence-electron chi connectivity index (χ2n) is 10.6. The van der Waals surface area contributed by atoms with E-state index in [9.17, 15) is 13.9 Å². The summed E-state index contributed by atoms with van der Waals surface area (Å²) in [5.74, 6) is -0.533. The number of ether oxygens (including phenoxy) is 1. The lowest BCUT2D eigenvalue weighted by atomic mass is 9.81. The molecule has 1 N–H and O–H groups in total.